The van der Waals surface area contributed by atoms with Crippen molar-refractivity contribution in [3.63, 3.8) is 0 Å². The predicted octanol–water partition coefficient (Wildman–Crippen LogP) is 1.77. The number of methoxy groups -OCH3 is 1. The fourth-order valence-electron chi connectivity index (χ4n) is 2.82. The number of nitrogens with one attached hydrogen (secondary N) is 1. The van der Waals surface area contributed by atoms with Crippen LogP contribution in [0.15, 0.2) is 35.7 Å². The number of thiazole rings is 1. The monoisotopic (exact) mass is 412 g/mol. The summed E-state index contributed by atoms with van der Waals surface area (Å²) in [6.45, 7) is 2.78. The van der Waals surface area contributed by atoms with Crippen LogP contribution in [0.3, 0.4) is 0 Å². The topological polar surface area (TPSA) is 102 Å². The molecule has 0 aliphatic carbocycles. The van der Waals surface area contributed by atoms with E-state index in [-0.39, 0.29) is 18.5 Å². The summed E-state index contributed by atoms with van der Waals surface area (Å²) in [5.74, 6) is 0.668. The van der Waals surface area contributed by atoms with E-state index in [0.717, 1.165) is 11.3 Å². The summed E-state index contributed by atoms with van der Waals surface area (Å²) in [7, 11) is 1.50. The van der Waals surface area contributed by atoms with E-state index in [1.165, 1.54) is 18.4 Å². The van der Waals surface area contributed by atoms with Gasteiger partial charge in [0, 0.05) is 24.0 Å². The molecule has 1 saturated heterocycles. The van der Waals surface area contributed by atoms with Gasteiger partial charge in [-0.05, 0) is 0 Å². The van der Waals surface area contributed by atoms with Gasteiger partial charge in [-0.3, -0.25) is 4.79 Å². The lowest BCUT2D eigenvalue weighted by Gasteiger charge is -2.26. The number of hydrogen-bond donors (Lipinski definition) is 1. The maximum absolute atomic E-state index is 12.5. The fraction of sp³-hybridized carbons (Fsp3) is 0.316. The number of ether oxygens (including phenoxy) is 2. The lowest BCUT2D eigenvalue weighted by molar-refractivity contribution is 0.0949. The number of anilines is 1. The maximum Gasteiger partial charge on any atom is 0.321 e. The maximum atomic E-state index is 12.5. The molecule has 0 atom stereocenters. The number of carbonyl (C=O) groups is 1. The van der Waals surface area contributed by atoms with Crippen LogP contribution in [0.1, 0.15) is 15.6 Å². The molecule has 1 aliphatic rings. The first-order chi connectivity index (χ1) is 14.2. The molecule has 0 unspecified atom stereocenters. The summed E-state index contributed by atoms with van der Waals surface area (Å²) in [6, 6.07) is 9.95. The summed E-state index contributed by atoms with van der Waals surface area (Å²) < 4.78 is 10.5. The smallest absolute Gasteiger partial charge is 0.321 e. The predicted molar refractivity (Wildman–Crippen MR) is 108 cm³/mol. The van der Waals surface area contributed by atoms with Crippen LogP contribution in [0.25, 0.3) is 11.3 Å². The average Bonchev–Trinajstić information content (AvgIpc) is 3.29. The molecule has 9 nitrogen and oxygen atoms in total. The van der Waals surface area contributed by atoms with Crippen molar-refractivity contribution in [2.75, 3.05) is 38.3 Å². The van der Waals surface area contributed by atoms with Crippen molar-refractivity contribution in [1.82, 2.24) is 25.3 Å². The van der Waals surface area contributed by atoms with Gasteiger partial charge in [0.25, 0.3) is 5.91 Å². The van der Waals surface area contributed by atoms with Crippen LogP contribution in [0.4, 0.5) is 5.95 Å². The molecule has 4 rings (SSSR count). The first kappa shape index (κ1) is 19.2. The van der Waals surface area contributed by atoms with Gasteiger partial charge >= 0.3 is 6.01 Å². The highest BCUT2D eigenvalue weighted by molar-refractivity contribution is 7.12. The summed E-state index contributed by atoms with van der Waals surface area (Å²) >= 11 is 1.30. The summed E-state index contributed by atoms with van der Waals surface area (Å²) in [5.41, 5.74) is 1.75. The normalized spacial score (nSPS) is 13.9. The molecule has 3 heterocycles. The zero-order valence-corrected chi connectivity index (χ0v) is 16.7. The zero-order valence-electron chi connectivity index (χ0n) is 15.9. The molecule has 1 amide bonds. The van der Waals surface area contributed by atoms with Crippen LogP contribution in [0.2, 0.25) is 0 Å². The Bertz CT molecular complexity index is 975. The quantitative estimate of drug-likeness (QED) is 0.654. The van der Waals surface area contributed by atoms with Crippen LogP contribution < -0.4 is 15.0 Å². The van der Waals surface area contributed by atoms with E-state index in [0.29, 0.717) is 43.1 Å². The minimum absolute atomic E-state index is 0.148. The number of benzene rings is 1. The Balaban J connectivity index is 1.44. The molecule has 1 aliphatic heterocycles. The molecule has 1 fully saturated rings. The Hall–Kier alpha value is -3.11. The van der Waals surface area contributed by atoms with E-state index in [2.05, 4.69) is 25.3 Å². The van der Waals surface area contributed by atoms with Crippen LogP contribution in [0.5, 0.6) is 6.01 Å². The third-order valence-electron chi connectivity index (χ3n) is 4.30. The third kappa shape index (κ3) is 4.66. The molecule has 0 spiro atoms. The van der Waals surface area contributed by atoms with Crippen molar-refractivity contribution in [1.29, 1.82) is 0 Å². The van der Waals surface area contributed by atoms with Gasteiger partial charge in [0.2, 0.25) is 5.95 Å². The Morgan fingerprint density at radius 2 is 1.97 bits per heavy atom. The van der Waals surface area contributed by atoms with Gasteiger partial charge in [0.1, 0.15) is 0 Å². The standard InChI is InChI=1S/C19H20N6O3S/c1-27-19-23-15(22-18(24-19)25-7-9-28-10-8-25)11-20-16(26)17-21-14(12-29-17)13-5-3-2-4-6-13/h2-6,12H,7-11H2,1H3,(H,20,26). The van der Waals surface area contributed by atoms with Crippen molar-refractivity contribution in [3.05, 3.63) is 46.5 Å². The molecule has 1 aromatic carbocycles. The zero-order chi connectivity index (χ0) is 20.1. The molecule has 2 aromatic heterocycles. The minimum atomic E-state index is -0.274. The highest BCUT2D eigenvalue weighted by Crippen LogP contribution is 2.21. The number of amides is 1. The fourth-order valence-corrected chi connectivity index (χ4v) is 3.56. The van der Waals surface area contributed by atoms with Crippen molar-refractivity contribution < 1.29 is 14.3 Å². The molecule has 0 bridgehead atoms. The number of hydrogen-bond acceptors (Lipinski definition) is 9. The van der Waals surface area contributed by atoms with Crippen LogP contribution in [0, 0.1) is 0 Å². The van der Waals surface area contributed by atoms with E-state index < -0.39 is 0 Å². The lowest BCUT2D eigenvalue weighted by Crippen LogP contribution is -2.37. The second-order valence-corrected chi connectivity index (χ2v) is 7.08. The van der Waals surface area contributed by atoms with E-state index in [4.69, 9.17) is 9.47 Å². The van der Waals surface area contributed by atoms with Crippen molar-refractivity contribution in [2.45, 2.75) is 6.54 Å². The lowest BCUT2D eigenvalue weighted by atomic mass is 10.2. The van der Waals surface area contributed by atoms with Gasteiger partial charge in [-0.2, -0.15) is 15.0 Å². The first-order valence-electron chi connectivity index (χ1n) is 9.14. The molecule has 150 valence electrons. The number of rotatable bonds is 6. The highest BCUT2D eigenvalue weighted by Gasteiger charge is 2.18. The van der Waals surface area contributed by atoms with Gasteiger partial charge in [-0.25, -0.2) is 4.98 Å². The van der Waals surface area contributed by atoms with Gasteiger partial charge in [0.05, 0.1) is 32.6 Å². The number of nitrogens with zero attached hydrogens (tertiary/aromatic N) is 5. The van der Waals surface area contributed by atoms with Crippen molar-refractivity contribution in [3.8, 4) is 17.3 Å². The van der Waals surface area contributed by atoms with Gasteiger partial charge < -0.3 is 19.7 Å². The number of aromatic nitrogens is 4. The van der Waals surface area contributed by atoms with E-state index in [1.54, 1.807) is 0 Å². The second-order valence-electron chi connectivity index (χ2n) is 6.22. The summed E-state index contributed by atoms with van der Waals surface area (Å²) in [5, 5.41) is 5.07. The molecule has 3 aromatic rings. The molecular formula is C19H20N6O3S. The summed E-state index contributed by atoms with van der Waals surface area (Å²) in [4.78, 5) is 31.9. The largest absolute Gasteiger partial charge is 0.467 e. The van der Waals surface area contributed by atoms with E-state index >= 15 is 0 Å². The molecule has 0 radical (unpaired) electrons. The summed E-state index contributed by atoms with van der Waals surface area (Å²) in [6.07, 6.45) is 0. The SMILES string of the molecule is COc1nc(CNC(=O)c2nc(-c3ccccc3)cs2)nc(N2CCOCC2)n1. The van der Waals surface area contributed by atoms with Crippen LogP contribution in [-0.2, 0) is 11.3 Å². The number of morpholine rings is 1. The van der Waals surface area contributed by atoms with Crippen LogP contribution in [-0.4, -0.2) is 59.3 Å². The van der Waals surface area contributed by atoms with Gasteiger partial charge in [0.15, 0.2) is 10.8 Å². The Labute approximate surface area is 171 Å². The first-order valence-corrected chi connectivity index (χ1v) is 10.0. The average molecular weight is 412 g/mol. The Kier molecular flexibility index (Phi) is 5.92. The second kappa shape index (κ2) is 8.93. The van der Waals surface area contributed by atoms with Gasteiger partial charge in [-0.1, -0.05) is 30.3 Å². The molecule has 29 heavy (non-hydrogen) atoms. The molecule has 0 saturated carbocycles. The molecular weight excluding hydrogens is 392 g/mol. The van der Waals surface area contributed by atoms with E-state index in [9.17, 15) is 4.79 Å². The van der Waals surface area contributed by atoms with Crippen LogP contribution >= 0.6 is 11.3 Å². The Morgan fingerprint density at radius 3 is 2.72 bits per heavy atom. The highest BCUT2D eigenvalue weighted by atomic mass is 32.1. The number of carbonyl (C=O) groups excluding carboxylic acids is 1. The molecule has 10 heteroatoms. The van der Waals surface area contributed by atoms with Crippen molar-refractivity contribution in [2.24, 2.45) is 0 Å². The Morgan fingerprint density at radius 1 is 1.17 bits per heavy atom. The third-order valence-corrected chi connectivity index (χ3v) is 5.14. The van der Waals surface area contributed by atoms with Crippen molar-refractivity contribution >= 4 is 23.2 Å². The minimum Gasteiger partial charge on any atom is -0.467 e. The van der Waals surface area contributed by atoms with Gasteiger partial charge in [-0.15, -0.1) is 11.3 Å². The molecule has 1 N–H and O–H groups in total. The van der Waals surface area contributed by atoms with E-state index in [1.807, 2.05) is 40.6 Å².